The molecule has 1 amide bonds. The number of anilines is 1. The topological polar surface area (TPSA) is 68.0 Å². The van der Waals surface area contributed by atoms with Crippen molar-refractivity contribution in [2.45, 2.75) is 13.8 Å². The predicted octanol–water partition coefficient (Wildman–Crippen LogP) is 5.41. The first-order chi connectivity index (χ1) is 14.0. The average molecular weight is 387 g/mol. The third-order valence-corrected chi connectivity index (χ3v) is 4.57. The van der Waals surface area contributed by atoms with E-state index < -0.39 is 5.82 Å². The lowest BCUT2D eigenvalue weighted by atomic mass is 10.1. The third kappa shape index (κ3) is 4.06. The van der Waals surface area contributed by atoms with Gasteiger partial charge in [0.05, 0.1) is 0 Å². The average Bonchev–Trinajstić information content (AvgIpc) is 3.21. The van der Waals surface area contributed by atoms with E-state index in [1.165, 1.54) is 12.1 Å². The minimum Gasteiger partial charge on any atom is -0.416 e. The van der Waals surface area contributed by atoms with Crippen molar-refractivity contribution in [2.24, 2.45) is 0 Å². The van der Waals surface area contributed by atoms with Gasteiger partial charge in [0.2, 0.25) is 11.8 Å². The number of hydrogen-bond donors (Lipinski definition) is 1. The molecule has 0 saturated heterocycles. The Labute approximate surface area is 167 Å². The van der Waals surface area contributed by atoms with Crippen LogP contribution in [0, 0.1) is 19.7 Å². The lowest BCUT2D eigenvalue weighted by Crippen LogP contribution is -2.12. The van der Waals surface area contributed by atoms with Crippen molar-refractivity contribution in [2.75, 3.05) is 5.32 Å². The van der Waals surface area contributed by atoms with Crippen LogP contribution in [0.1, 0.15) is 21.5 Å². The van der Waals surface area contributed by atoms with Crippen LogP contribution in [0.2, 0.25) is 0 Å². The molecule has 144 valence electrons. The van der Waals surface area contributed by atoms with E-state index in [2.05, 4.69) is 15.5 Å². The SMILES string of the molecule is Cc1ccc(-c2nnc(-c3ccc(C(=O)Nc4cc(F)ccc4C)cc3)o2)cc1. The summed E-state index contributed by atoms with van der Waals surface area (Å²) in [5, 5.41) is 10.9. The van der Waals surface area contributed by atoms with E-state index in [0.29, 0.717) is 28.6 Å². The molecule has 1 N–H and O–H groups in total. The Kier molecular flexibility index (Phi) is 4.91. The monoisotopic (exact) mass is 387 g/mol. The van der Waals surface area contributed by atoms with E-state index in [1.54, 1.807) is 37.3 Å². The van der Waals surface area contributed by atoms with E-state index in [9.17, 15) is 9.18 Å². The lowest BCUT2D eigenvalue weighted by Gasteiger charge is -2.08. The lowest BCUT2D eigenvalue weighted by molar-refractivity contribution is 0.102. The number of halogens is 1. The number of nitrogens with one attached hydrogen (secondary N) is 1. The predicted molar refractivity (Wildman–Crippen MR) is 109 cm³/mol. The van der Waals surface area contributed by atoms with Gasteiger partial charge in [0.15, 0.2) is 0 Å². The Morgan fingerprint density at radius 3 is 2.07 bits per heavy atom. The summed E-state index contributed by atoms with van der Waals surface area (Å²) >= 11 is 0. The number of hydrogen-bond acceptors (Lipinski definition) is 4. The Balaban J connectivity index is 1.51. The molecule has 29 heavy (non-hydrogen) atoms. The fraction of sp³-hybridized carbons (Fsp3) is 0.0870. The Hall–Kier alpha value is -3.80. The molecule has 0 saturated carbocycles. The smallest absolute Gasteiger partial charge is 0.255 e. The van der Waals surface area contributed by atoms with Gasteiger partial charge in [0, 0.05) is 22.4 Å². The van der Waals surface area contributed by atoms with E-state index in [0.717, 1.165) is 16.7 Å². The highest BCUT2D eigenvalue weighted by atomic mass is 19.1. The molecule has 5 nitrogen and oxygen atoms in total. The van der Waals surface area contributed by atoms with Gasteiger partial charge in [-0.2, -0.15) is 0 Å². The Morgan fingerprint density at radius 1 is 0.862 bits per heavy atom. The van der Waals surface area contributed by atoms with Gasteiger partial charge in [-0.05, 0) is 67.9 Å². The summed E-state index contributed by atoms with van der Waals surface area (Å²) < 4.78 is 19.2. The number of nitrogens with zero attached hydrogens (tertiary/aromatic N) is 2. The van der Waals surface area contributed by atoms with Crippen LogP contribution < -0.4 is 5.32 Å². The second kappa shape index (κ2) is 7.67. The van der Waals surface area contributed by atoms with Gasteiger partial charge in [0.1, 0.15) is 5.82 Å². The molecule has 0 aliphatic carbocycles. The molecule has 4 rings (SSSR count). The summed E-state index contributed by atoms with van der Waals surface area (Å²) in [6.45, 7) is 3.82. The minimum atomic E-state index is -0.401. The van der Waals surface area contributed by atoms with Crippen LogP contribution in [0.5, 0.6) is 0 Å². The summed E-state index contributed by atoms with van der Waals surface area (Å²) in [5.41, 5.74) is 4.36. The molecule has 1 aromatic heterocycles. The van der Waals surface area contributed by atoms with E-state index in [1.807, 2.05) is 31.2 Å². The molecule has 0 aliphatic heterocycles. The van der Waals surface area contributed by atoms with Gasteiger partial charge in [0.25, 0.3) is 5.91 Å². The van der Waals surface area contributed by atoms with Crippen LogP contribution in [0.15, 0.2) is 71.1 Å². The molecular formula is C23H18FN3O2. The van der Waals surface area contributed by atoms with Crippen LogP contribution in [-0.4, -0.2) is 16.1 Å². The summed E-state index contributed by atoms with van der Waals surface area (Å²) in [4.78, 5) is 12.5. The molecule has 0 spiro atoms. The largest absolute Gasteiger partial charge is 0.416 e. The van der Waals surface area contributed by atoms with E-state index in [-0.39, 0.29) is 5.91 Å². The molecule has 3 aromatic carbocycles. The zero-order valence-corrected chi connectivity index (χ0v) is 15.9. The van der Waals surface area contributed by atoms with Gasteiger partial charge in [-0.25, -0.2) is 4.39 Å². The van der Waals surface area contributed by atoms with Crippen LogP contribution in [0.3, 0.4) is 0 Å². The molecule has 0 fully saturated rings. The second-order valence-corrected chi connectivity index (χ2v) is 6.77. The number of carbonyl (C=O) groups excluding carboxylic acids is 1. The Morgan fingerprint density at radius 2 is 1.45 bits per heavy atom. The van der Waals surface area contributed by atoms with Gasteiger partial charge in [-0.15, -0.1) is 10.2 Å². The fourth-order valence-corrected chi connectivity index (χ4v) is 2.84. The van der Waals surface area contributed by atoms with E-state index >= 15 is 0 Å². The van der Waals surface area contributed by atoms with E-state index in [4.69, 9.17) is 4.42 Å². The first kappa shape index (κ1) is 18.6. The van der Waals surface area contributed by atoms with Crippen LogP contribution in [0.25, 0.3) is 22.9 Å². The normalized spacial score (nSPS) is 10.7. The zero-order chi connectivity index (χ0) is 20.4. The molecule has 0 bridgehead atoms. The molecule has 4 aromatic rings. The Bertz CT molecular complexity index is 1170. The van der Waals surface area contributed by atoms with Crippen molar-refractivity contribution in [1.29, 1.82) is 0 Å². The van der Waals surface area contributed by atoms with Crippen molar-refractivity contribution in [1.82, 2.24) is 10.2 Å². The third-order valence-electron chi connectivity index (χ3n) is 4.57. The summed E-state index contributed by atoms with van der Waals surface area (Å²) in [5.74, 6) is 0.0788. The highest BCUT2D eigenvalue weighted by Crippen LogP contribution is 2.25. The minimum absolute atomic E-state index is 0.323. The number of aromatic nitrogens is 2. The van der Waals surface area contributed by atoms with Crippen molar-refractivity contribution >= 4 is 11.6 Å². The first-order valence-corrected chi connectivity index (χ1v) is 9.08. The maximum Gasteiger partial charge on any atom is 0.255 e. The van der Waals surface area contributed by atoms with Crippen molar-refractivity contribution < 1.29 is 13.6 Å². The summed E-state index contributed by atoms with van der Waals surface area (Å²) in [6, 6.07) is 18.9. The molecule has 1 heterocycles. The summed E-state index contributed by atoms with van der Waals surface area (Å²) in [7, 11) is 0. The van der Waals surface area contributed by atoms with Gasteiger partial charge < -0.3 is 9.73 Å². The molecule has 0 atom stereocenters. The highest BCUT2D eigenvalue weighted by Gasteiger charge is 2.13. The second-order valence-electron chi connectivity index (χ2n) is 6.77. The number of amides is 1. The molecule has 0 unspecified atom stereocenters. The molecule has 0 aliphatic rings. The van der Waals surface area contributed by atoms with Crippen molar-refractivity contribution in [3.05, 3.63) is 89.2 Å². The molecule has 6 heteroatoms. The van der Waals surface area contributed by atoms with Crippen LogP contribution in [0.4, 0.5) is 10.1 Å². The quantitative estimate of drug-likeness (QED) is 0.508. The van der Waals surface area contributed by atoms with Crippen molar-refractivity contribution in [3.8, 4) is 22.9 Å². The molecule has 0 radical (unpaired) electrons. The van der Waals surface area contributed by atoms with Gasteiger partial charge in [-0.3, -0.25) is 4.79 Å². The standard InChI is InChI=1S/C23H18FN3O2/c1-14-3-6-17(7-4-14)22-26-27-23(29-22)18-10-8-16(9-11-18)21(28)25-20-13-19(24)12-5-15(20)2/h3-13H,1-2H3,(H,25,28). The maximum atomic E-state index is 13.4. The fourth-order valence-electron chi connectivity index (χ4n) is 2.84. The highest BCUT2D eigenvalue weighted by molar-refractivity contribution is 6.04. The first-order valence-electron chi connectivity index (χ1n) is 9.08. The van der Waals surface area contributed by atoms with Crippen LogP contribution >= 0.6 is 0 Å². The number of aryl methyl sites for hydroxylation is 2. The number of carbonyl (C=O) groups is 1. The van der Waals surface area contributed by atoms with Gasteiger partial charge >= 0.3 is 0 Å². The van der Waals surface area contributed by atoms with Crippen molar-refractivity contribution in [3.63, 3.8) is 0 Å². The number of rotatable bonds is 4. The van der Waals surface area contributed by atoms with Gasteiger partial charge in [-0.1, -0.05) is 23.8 Å². The summed E-state index contributed by atoms with van der Waals surface area (Å²) in [6.07, 6.45) is 0. The molecular weight excluding hydrogens is 369 g/mol. The number of benzene rings is 3. The zero-order valence-electron chi connectivity index (χ0n) is 15.9. The van der Waals surface area contributed by atoms with Crippen LogP contribution in [-0.2, 0) is 0 Å². The maximum absolute atomic E-state index is 13.4.